The van der Waals surface area contributed by atoms with Gasteiger partial charge in [0.15, 0.2) is 0 Å². The lowest BCUT2D eigenvalue weighted by atomic mass is 10.1. The number of carbonyl (C=O) groups excluding carboxylic acids is 1. The van der Waals surface area contributed by atoms with Crippen LogP contribution in [0.4, 0.5) is 9.18 Å². The molecule has 0 aliphatic heterocycles. The molecular weight excluding hydrogens is 271 g/mol. The van der Waals surface area contributed by atoms with Crippen LogP contribution in [0, 0.1) is 5.82 Å². The molecule has 1 rings (SSSR count). The normalized spacial score (nSPS) is 12.9. The fraction of sp³-hybridized carbons (Fsp3) is 0.462. The van der Waals surface area contributed by atoms with Crippen LogP contribution < -0.4 is 11.1 Å². The fourth-order valence-electron chi connectivity index (χ4n) is 1.50. The summed E-state index contributed by atoms with van der Waals surface area (Å²) in [5.74, 6) is -0.515. The van der Waals surface area contributed by atoms with Crippen LogP contribution in [0.3, 0.4) is 0 Å². The SMILES string of the molecule is CC(C)(C)OC(=O)NC(CN)c1ccc(Cl)cc1F. The van der Waals surface area contributed by atoms with E-state index >= 15 is 0 Å². The molecule has 19 heavy (non-hydrogen) atoms. The standard InChI is InChI=1S/C13H18ClFN2O2/c1-13(2,3)19-12(18)17-11(7-16)9-5-4-8(14)6-10(9)15/h4-6,11H,7,16H2,1-3H3,(H,17,18). The molecule has 1 aromatic rings. The molecule has 0 radical (unpaired) electrons. The summed E-state index contributed by atoms with van der Waals surface area (Å²) in [6.07, 6.45) is -0.641. The van der Waals surface area contributed by atoms with Gasteiger partial charge in [-0.05, 0) is 32.9 Å². The topological polar surface area (TPSA) is 64.3 Å². The highest BCUT2D eigenvalue weighted by atomic mass is 35.5. The Balaban J connectivity index is 2.81. The lowest BCUT2D eigenvalue weighted by Gasteiger charge is -2.23. The molecule has 106 valence electrons. The zero-order valence-corrected chi connectivity index (χ0v) is 11.9. The lowest BCUT2D eigenvalue weighted by Crippen LogP contribution is -2.38. The molecule has 1 amide bonds. The summed E-state index contributed by atoms with van der Waals surface area (Å²) in [7, 11) is 0. The van der Waals surface area contributed by atoms with Crippen LogP contribution in [0.2, 0.25) is 5.02 Å². The quantitative estimate of drug-likeness (QED) is 0.898. The second-order valence-electron chi connectivity index (χ2n) is 5.10. The molecule has 1 atom stereocenters. The second-order valence-corrected chi connectivity index (χ2v) is 5.54. The molecule has 1 unspecified atom stereocenters. The van der Waals surface area contributed by atoms with Crippen molar-refractivity contribution in [1.82, 2.24) is 5.32 Å². The van der Waals surface area contributed by atoms with E-state index in [1.54, 1.807) is 26.8 Å². The van der Waals surface area contributed by atoms with Crippen LogP contribution in [-0.2, 0) is 4.74 Å². The Kier molecular flexibility index (Phi) is 5.14. The average molecular weight is 289 g/mol. The Morgan fingerprint density at radius 2 is 2.16 bits per heavy atom. The van der Waals surface area contributed by atoms with E-state index < -0.39 is 23.6 Å². The first-order chi connectivity index (χ1) is 8.73. The summed E-state index contributed by atoms with van der Waals surface area (Å²) in [6, 6.07) is 3.55. The Morgan fingerprint density at radius 1 is 1.53 bits per heavy atom. The highest BCUT2D eigenvalue weighted by molar-refractivity contribution is 6.30. The third kappa shape index (κ3) is 5.04. The van der Waals surface area contributed by atoms with Crippen molar-refractivity contribution in [1.29, 1.82) is 0 Å². The monoisotopic (exact) mass is 288 g/mol. The van der Waals surface area contributed by atoms with E-state index in [1.165, 1.54) is 12.1 Å². The van der Waals surface area contributed by atoms with Crippen molar-refractivity contribution in [3.63, 3.8) is 0 Å². The highest BCUT2D eigenvalue weighted by Crippen LogP contribution is 2.20. The zero-order valence-electron chi connectivity index (χ0n) is 11.2. The van der Waals surface area contributed by atoms with E-state index in [0.717, 1.165) is 0 Å². The first-order valence-corrected chi connectivity index (χ1v) is 6.25. The second kappa shape index (κ2) is 6.21. The first-order valence-electron chi connectivity index (χ1n) is 5.87. The number of halogens is 2. The number of alkyl carbamates (subject to hydrolysis) is 1. The van der Waals surface area contributed by atoms with Crippen molar-refractivity contribution < 1.29 is 13.9 Å². The number of nitrogens with one attached hydrogen (secondary N) is 1. The lowest BCUT2D eigenvalue weighted by molar-refractivity contribution is 0.0504. The van der Waals surface area contributed by atoms with Crippen LogP contribution >= 0.6 is 11.6 Å². The molecule has 3 N–H and O–H groups in total. The molecule has 0 aromatic heterocycles. The van der Waals surface area contributed by atoms with Gasteiger partial charge in [0, 0.05) is 17.1 Å². The van der Waals surface area contributed by atoms with Crippen LogP contribution in [-0.4, -0.2) is 18.2 Å². The molecular formula is C13H18ClFN2O2. The van der Waals surface area contributed by atoms with Gasteiger partial charge in [-0.3, -0.25) is 0 Å². The molecule has 0 aliphatic carbocycles. The van der Waals surface area contributed by atoms with Crippen LogP contribution in [0.25, 0.3) is 0 Å². The molecule has 0 saturated carbocycles. The summed E-state index contributed by atoms with van der Waals surface area (Å²) in [6.45, 7) is 5.28. The molecule has 0 bridgehead atoms. The van der Waals surface area contributed by atoms with Crippen LogP contribution in [0.5, 0.6) is 0 Å². The molecule has 0 aliphatic rings. The van der Waals surface area contributed by atoms with Crippen molar-refractivity contribution in [3.8, 4) is 0 Å². The zero-order chi connectivity index (χ0) is 14.6. The van der Waals surface area contributed by atoms with E-state index in [9.17, 15) is 9.18 Å². The molecule has 0 saturated heterocycles. The molecule has 0 spiro atoms. The average Bonchev–Trinajstić information content (AvgIpc) is 2.24. The number of hydrogen-bond donors (Lipinski definition) is 2. The largest absolute Gasteiger partial charge is 0.444 e. The van der Waals surface area contributed by atoms with Gasteiger partial charge in [-0.25, -0.2) is 9.18 Å². The van der Waals surface area contributed by atoms with E-state index in [-0.39, 0.29) is 17.1 Å². The maximum absolute atomic E-state index is 13.7. The number of carbonyl (C=O) groups is 1. The van der Waals surface area contributed by atoms with Gasteiger partial charge in [-0.15, -0.1) is 0 Å². The van der Waals surface area contributed by atoms with Crippen molar-refractivity contribution in [2.24, 2.45) is 5.73 Å². The van der Waals surface area contributed by atoms with Crippen molar-refractivity contribution >= 4 is 17.7 Å². The molecule has 4 nitrogen and oxygen atoms in total. The maximum atomic E-state index is 13.7. The fourth-order valence-corrected chi connectivity index (χ4v) is 1.66. The summed E-state index contributed by atoms with van der Waals surface area (Å²) in [4.78, 5) is 11.6. The van der Waals surface area contributed by atoms with Crippen molar-refractivity contribution in [3.05, 3.63) is 34.6 Å². The minimum absolute atomic E-state index is 0.0534. The van der Waals surface area contributed by atoms with E-state index in [4.69, 9.17) is 22.1 Å². The maximum Gasteiger partial charge on any atom is 0.408 e. The number of ether oxygens (including phenoxy) is 1. The third-order valence-corrected chi connectivity index (χ3v) is 2.50. The highest BCUT2D eigenvalue weighted by Gasteiger charge is 2.21. The Bertz CT molecular complexity index is 460. The first kappa shape index (κ1) is 15.7. The predicted octanol–water partition coefficient (Wildman–Crippen LogP) is 3.00. The summed E-state index contributed by atoms with van der Waals surface area (Å²) < 4.78 is 18.8. The summed E-state index contributed by atoms with van der Waals surface area (Å²) in [5.41, 5.74) is 5.21. The van der Waals surface area contributed by atoms with Gasteiger partial charge >= 0.3 is 6.09 Å². The van der Waals surface area contributed by atoms with Gasteiger partial charge in [-0.2, -0.15) is 0 Å². The Morgan fingerprint density at radius 3 is 2.63 bits per heavy atom. The van der Waals surface area contributed by atoms with Gasteiger partial charge in [-0.1, -0.05) is 17.7 Å². The Labute approximate surface area is 117 Å². The number of amides is 1. The van der Waals surface area contributed by atoms with Gasteiger partial charge in [0.1, 0.15) is 11.4 Å². The summed E-state index contributed by atoms with van der Waals surface area (Å²) in [5, 5.41) is 2.82. The van der Waals surface area contributed by atoms with E-state index in [0.29, 0.717) is 0 Å². The molecule has 0 heterocycles. The van der Waals surface area contributed by atoms with E-state index in [2.05, 4.69) is 5.32 Å². The smallest absolute Gasteiger partial charge is 0.408 e. The van der Waals surface area contributed by atoms with Crippen LogP contribution in [0.1, 0.15) is 32.4 Å². The summed E-state index contributed by atoms with van der Waals surface area (Å²) >= 11 is 5.67. The third-order valence-electron chi connectivity index (χ3n) is 2.26. The predicted molar refractivity (Wildman–Crippen MR) is 72.6 cm³/mol. The van der Waals surface area contributed by atoms with Crippen LogP contribution in [0.15, 0.2) is 18.2 Å². The van der Waals surface area contributed by atoms with Crippen molar-refractivity contribution in [2.75, 3.05) is 6.54 Å². The van der Waals surface area contributed by atoms with Gasteiger partial charge in [0.2, 0.25) is 0 Å². The van der Waals surface area contributed by atoms with Gasteiger partial charge in [0.25, 0.3) is 0 Å². The van der Waals surface area contributed by atoms with Crippen molar-refractivity contribution in [2.45, 2.75) is 32.4 Å². The van der Waals surface area contributed by atoms with Gasteiger partial charge in [0.05, 0.1) is 6.04 Å². The minimum atomic E-state index is -0.660. The number of nitrogens with two attached hydrogens (primary N) is 1. The number of benzene rings is 1. The molecule has 1 aromatic carbocycles. The Hall–Kier alpha value is -1.33. The molecule has 0 fully saturated rings. The minimum Gasteiger partial charge on any atom is -0.444 e. The number of hydrogen-bond acceptors (Lipinski definition) is 3. The van der Waals surface area contributed by atoms with Gasteiger partial charge < -0.3 is 15.8 Å². The number of rotatable bonds is 3. The molecule has 6 heteroatoms. The van der Waals surface area contributed by atoms with E-state index in [1.807, 2.05) is 0 Å².